The Morgan fingerprint density at radius 3 is 2.62 bits per heavy atom. The molecule has 10 nitrogen and oxygen atoms in total. The molecule has 0 radical (unpaired) electrons. The predicted molar refractivity (Wildman–Crippen MR) is 139 cm³/mol. The second-order valence-electron chi connectivity index (χ2n) is 9.64. The molecule has 3 atom stereocenters. The lowest BCUT2D eigenvalue weighted by Gasteiger charge is -2.16. The zero-order valence-electron chi connectivity index (χ0n) is 21.3. The molecule has 0 saturated carbocycles. The first-order valence-electron chi connectivity index (χ1n) is 12.8. The largest absolute Gasteiger partial charge is 0.507 e. The van der Waals surface area contributed by atoms with Gasteiger partial charge in [-0.05, 0) is 31.4 Å². The fraction of sp³-hybridized carbons (Fsp3) is 0.560. The van der Waals surface area contributed by atoms with Crippen LogP contribution in [-0.4, -0.2) is 65.3 Å². The number of unbranched alkanes of at least 4 members (excludes halogenated alkanes) is 1. The molecule has 3 aliphatic heterocycles. The maximum absolute atomic E-state index is 13.2. The summed E-state index contributed by atoms with van der Waals surface area (Å²) in [5.74, 6) is -0.0391. The molecule has 0 spiro atoms. The van der Waals surface area contributed by atoms with Gasteiger partial charge in [-0.1, -0.05) is 25.5 Å². The van der Waals surface area contributed by atoms with Gasteiger partial charge in [0.05, 0.1) is 12.1 Å². The average Bonchev–Trinajstić information content (AvgIpc) is 3.52. The number of benzene rings is 1. The Kier molecular flexibility index (Phi) is 8.72. The van der Waals surface area contributed by atoms with Crippen LogP contribution < -0.4 is 21.3 Å². The van der Waals surface area contributed by atoms with Gasteiger partial charge in [0.25, 0.3) is 0 Å². The molecular formula is C25H31F3N6O4S. The maximum Gasteiger partial charge on any atom is 0.442 e. The van der Waals surface area contributed by atoms with E-state index in [2.05, 4.69) is 31.5 Å². The highest BCUT2D eigenvalue weighted by molar-refractivity contribution is 8.00. The van der Waals surface area contributed by atoms with Gasteiger partial charge < -0.3 is 26.4 Å². The molecule has 2 fully saturated rings. The molecule has 0 aliphatic carbocycles. The quantitative estimate of drug-likeness (QED) is 0.149. The second-order valence-corrected chi connectivity index (χ2v) is 10.9. The van der Waals surface area contributed by atoms with Gasteiger partial charge in [-0.3, -0.25) is 9.59 Å². The molecule has 3 heterocycles. The van der Waals surface area contributed by atoms with Crippen molar-refractivity contribution in [1.29, 1.82) is 0 Å². The van der Waals surface area contributed by atoms with E-state index >= 15 is 0 Å². The Balaban J connectivity index is 1.16. The molecule has 4 amide bonds. The summed E-state index contributed by atoms with van der Waals surface area (Å²) < 4.78 is 39.6. The summed E-state index contributed by atoms with van der Waals surface area (Å²) in [4.78, 5) is 36.1. The number of urea groups is 1. The van der Waals surface area contributed by atoms with Crippen LogP contribution >= 0.6 is 11.8 Å². The Hall–Kier alpha value is -3.29. The Bertz CT molecular complexity index is 1170. The number of carbonyl (C=O) groups is 3. The van der Waals surface area contributed by atoms with E-state index in [0.29, 0.717) is 23.7 Å². The standard InChI is InChI=1S/C25H31F3N6O4S/c1-2-14(11-15-7-8-16(12-18(15)35)24(33-34-24)25(26,27)28)22(37)30-10-9-29-20(36)6-4-3-5-19-21-17(13-39-19)31-23(38)32-21/h7-8,11-12,17,19,21,35H,2-6,9-10,13H2,1H3,(H,29,36)(H,30,37)(H2,31,32,38)/b14-11+. The number of phenolic OH excluding ortho intramolecular Hbond substituents is 1. The molecule has 14 heteroatoms. The smallest absolute Gasteiger partial charge is 0.442 e. The van der Waals surface area contributed by atoms with Crippen LogP contribution in [0.15, 0.2) is 34.0 Å². The van der Waals surface area contributed by atoms with Gasteiger partial charge >= 0.3 is 17.9 Å². The molecular weight excluding hydrogens is 537 g/mol. The molecule has 0 aromatic heterocycles. The van der Waals surface area contributed by atoms with E-state index in [4.69, 9.17) is 0 Å². The van der Waals surface area contributed by atoms with Crippen LogP contribution in [0.1, 0.15) is 50.2 Å². The number of halogens is 3. The van der Waals surface area contributed by atoms with Crippen LogP contribution in [0.5, 0.6) is 5.75 Å². The van der Waals surface area contributed by atoms with E-state index in [9.17, 15) is 32.7 Å². The molecule has 5 N–H and O–H groups in total. The number of phenols is 1. The first-order chi connectivity index (χ1) is 18.5. The van der Waals surface area contributed by atoms with E-state index in [-0.39, 0.29) is 48.2 Å². The minimum atomic E-state index is -4.70. The predicted octanol–water partition coefficient (Wildman–Crippen LogP) is 3.32. The third kappa shape index (κ3) is 6.65. The summed E-state index contributed by atoms with van der Waals surface area (Å²) in [5.41, 5.74) is -2.42. The van der Waals surface area contributed by atoms with Gasteiger partial charge in [-0.15, -0.1) is 10.2 Å². The summed E-state index contributed by atoms with van der Waals surface area (Å²) in [6, 6.07) is 3.64. The summed E-state index contributed by atoms with van der Waals surface area (Å²) in [6.45, 7) is 2.17. The van der Waals surface area contributed by atoms with Gasteiger partial charge in [0.2, 0.25) is 11.8 Å². The number of fused-ring (bicyclic) bond motifs is 1. The van der Waals surface area contributed by atoms with E-state index in [1.54, 1.807) is 6.92 Å². The molecule has 39 heavy (non-hydrogen) atoms. The van der Waals surface area contributed by atoms with Gasteiger partial charge in [-0.25, -0.2) is 4.79 Å². The van der Waals surface area contributed by atoms with Crippen LogP contribution in [-0.2, 0) is 15.3 Å². The number of hydrogen-bond donors (Lipinski definition) is 5. The van der Waals surface area contributed by atoms with Crippen molar-refractivity contribution in [3.63, 3.8) is 0 Å². The van der Waals surface area contributed by atoms with Crippen molar-refractivity contribution in [2.45, 2.75) is 68.2 Å². The number of amides is 4. The first kappa shape index (κ1) is 28.7. The summed E-state index contributed by atoms with van der Waals surface area (Å²) in [7, 11) is 0. The fourth-order valence-electron chi connectivity index (χ4n) is 4.69. The fourth-order valence-corrected chi connectivity index (χ4v) is 6.24. The van der Waals surface area contributed by atoms with Crippen molar-refractivity contribution < 1.29 is 32.7 Å². The van der Waals surface area contributed by atoms with Crippen molar-refractivity contribution in [1.82, 2.24) is 21.3 Å². The zero-order valence-corrected chi connectivity index (χ0v) is 22.1. The first-order valence-corrected chi connectivity index (χ1v) is 13.9. The third-order valence-corrected chi connectivity index (χ3v) is 8.45. The molecule has 3 aliphatic rings. The molecule has 4 rings (SSSR count). The van der Waals surface area contributed by atoms with Crippen LogP contribution in [0.3, 0.4) is 0 Å². The minimum absolute atomic E-state index is 0.111. The SMILES string of the molecule is CC/C(=C\c1ccc(C2(C(F)(F)F)N=N2)cc1O)C(=O)NCCNC(=O)CCCCC1SCC2NC(=O)NC21. The number of carbonyl (C=O) groups excluding carboxylic acids is 3. The number of hydrogen-bond acceptors (Lipinski definition) is 7. The number of thioether (sulfide) groups is 1. The minimum Gasteiger partial charge on any atom is -0.507 e. The van der Waals surface area contributed by atoms with Crippen LogP contribution in [0, 0.1) is 0 Å². The average molecular weight is 569 g/mol. The van der Waals surface area contributed by atoms with Crippen molar-refractivity contribution >= 4 is 35.7 Å². The highest BCUT2D eigenvalue weighted by Crippen LogP contribution is 2.53. The van der Waals surface area contributed by atoms with Crippen LogP contribution in [0.4, 0.5) is 18.0 Å². The molecule has 0 bridgehead atoms. The van der Waals surface area contributed by atoms with Crippen LogP contribution in [0.25, 0.3) is 6.08 Å². The van der Waals surface area contributed by atoms with Crippen LogP contribution in [0.2, 0.25) is 0 Å². The molecule has 1 aromatic rings. The number of nitrogens with one attached hydrogen (secondary N) is 4. The molecule has 2 saturated heterocycles. The third-order valence-electron chi connectivity index (χ3n) is 6.94. The Morgan fingerprint density at radius 1 is 1.21 bits per heavy atom. The number of nitrogens with zero attached hydrogens (tertiary/aromatic N) is 2. The molecule has 212 valence electrons. The van der Waals surface area contributed by atoms with E-state index in [1.165, 1.54) is 18.2 Å². The second kappa shape index (κ2) is 11.8. The van der Waals surface area contributed by atoms with Gasteiger partial charge in [0.1, 0.15) is 5.75 Å². The highest BCUT2D eigenvalue weighted by Gasteiger charge is 2.65. The lowest BCUT2D eigenvalue weighted by molar-refractivity contribution is -0.166. The topological polar surface area (TPSA) is 144 Å². The molecule has 3 unspecified atom stereocenters. The lowest BCUT2D eigenvalue weighted by Crippen LogP contribution is -2.36. The zero-order chi connectivity index (χ0) is 28.2. The van der Waals surface area contributed by atoms with E-state index in [0.717, 1.165) is 31.1 Å². The monoisotopic (exact) mass is 568 g/mol. The maximum atomic E-state index is 13.2. The van der Waals surface area contributed by atoms with Gasteiger partial charge in [-0.2, -0.15) is 24.9 Å². The number of alkyl halides is 3. The number of aromatic hydroxyl groups is 1. The van der Waals surface area contributed by atoms with Crippen molar-refractivity contribution in [3.05, 3.63) is 34.9 Å². The Labute approximate surface area is 227 Å². The van der Waals surface area contributed by atoms with Gasteiger partial charge in [0.15, 0.2) is 0 Å². The summed E-state index contributed by atoms with van der Waals surface area (Å²) >= 11 is 1.84. The lowest BCUT2D eigenvalue weighted by atomic mass is 9.99. The highest BCUT2D eigenvalue weighted by atomic mass is 32.2. The van der Waals surface area contributed by atoms with Crippen molar-refractivity contribution in [2.24, 2.45) is 10.2 Å². The normalized spacial score (nSPS) is 23.1. The van der Waals surface area contributed by atoms with Gasteiger partial charge in [0, 0.05) is 47.2 Å². The Morgan fingerprint density at radius 2 is 1.95 bits per heavy atom. The summed E-state index contributed by atoms with van der Waals surface area (Å²) in [5, 5.41) is 28.2. The van der Waals surface area contributed by atoms with E-state index < -0.39 is 23.5 Å². The summed E-state index contributed by atoms with van der Waals surface area (Å²) in [6.07, 6.45) is -0.0766. The molecule has 1 aromatic carbocycles. The van der Waals surface area contributed by atoms with E-state index in [1.807, 2.05) is 11.8 Å². The number of rotatable bonds is 12. The van der Waals surface area contributed by atoms with Crippen molar-refractivity contribution in [3.8, 4) is 5.75 Å². The van der Waals surface area contributed by atoms with Crippen molar-refractivity contribution in [2.75, 3.05) is 18.8 Å².